The summed E-state index contributed by atoms with van der Waals surface area (Å²) in [6.07, 6.45) is 6.84. The van der Waals surface area contributed by atoms with E-state index in [9.17, 15) is 10.2 Å². The Kier molecular flexibility index (Phi) is 1.68. The van der Waals surface area contributed by atoms with E-state index in [1.54, 1.807) is 6.92 Å². The maximum absolute atomic E-state index is 9.92. The van der Waals surface area contributed by atoms with Gasteiger partial charge in [-0.05, 0) is 36.7 Å². The van der Waals surface area contributed by atoms with Crippen molar-refractivity contribution >= 4 is 0 Å². The summed E-state index contributed by atoms with van der Waals surface area (Å²) in [7, 11) is 0. The average Bonchev–Trinajstić information content (AvgIpc) is 2.75. The van der Waals surface area contributed by atoms with E-state index in [4.69, 9.17) is 0 Å². The normalized spacial score (nSPS) is 50.8. The molecule has 0 amide bonds. The fourth-order valence-electron chi connectivity index (χ4n) is 3.63. The van der Waals surface area contributed by atoms with E-state index in [0.717, 1.165) is 5.57 Å². The summed E-state index contributed by atoms with van der Waals surface area (Å²) >= 11 is 0. The molecule has 0 spiro atoms. The van der Waals surface area contributed by atoms with Crippen LogP contribution in [0.25, 0.3) is 0 Å². The van der Waals surface area contributed by atoms with E-state index in [1.807, 2.05) is 6.08 Å². The number of rotatable bonds is 1. The number of aliphatic hydroxyl groups is 2. The highest BCUT2D eigenvalue weighted by Crippen LogP contribution is 2.56. The van der Waals surface area contributed by atoms with Crippen LogP contribution in [0.1, 0.15) is 13.3 Å². The lowest BCUT2D eigenvalue weighted by atomic mass is 9.80. The van der Waals surface area contributed by atoms with Crippen LogP contribution in [0.5, 0.6) is 0 Å². The summed E-state index contributed by atoms with van der Waals surface area (Å²) in [5, 5.41) is 19.6. The van der Waals surface area contributed by atoms with Crippen molar-refractivity contribution in [1.29, 1.82) is 0 Å². The predicted molar refractivity (Wildman–Crippen MR) is 53.5 cm³/mol. The third-order valence-electron chi connectivity index (χ3n) is 4.15. The second-order valence-electron chi connectivity index (χ2n) is 4.88. The zero-order chi connectivity index (χ0) is 9.87. The molecule has 0 saturated heterocycles. The molecule has 0 aromatic heterocycles. The summed E-state index contributed by atoms with van der Waals surface area (Å²) in [5.74, 6) is 1.89. The first kappa shape index (κ1) is 8.69. The van der Waals surface area contributed by atoms with Gasteiger partial charge in [-0.15, -0.1) is 0 Å². The first-order chi connectivity index (χ1) is 6.68. The van der Waals surface area contributed by atoms with Crippen LogP contribution in [0.2, 0.25) is 0 Å². The zero-order valence-electron chi connectivity index (χ0n) is 8.30. The molecule has 1 saturated carbocycles. The third-order valence-corrected chi connectivity index (χ3v) is 4.15. The number of hydrogen-bond donors (Lipinski definition) is 2. The maximum atomic E-state index is 9.92. The van der Waals surface area contributed by atoms with Crippen LogP contribution in [0.4, 0.5) is 0 Å². The second kappa shape index (κ2) is 2.71. The molecule has 0 aliphatic heterocycles. The fraction of sp³-hybridized carbons (Fsp3) is 0.667. The molecule has 76 valence electrons. The molecule has 3 rings (SSSR count). The minimum atomic E-state index is -0.396. The van der Waals surface area contributed by atoms with Gasteiger partial charge in [-0.2, -0.15) is 0 Å². The Morgan fingerprint density at radius 3 is 2.79 bits per heavy atom. The Bertz CT molecular complexity index is 316. The van der Waals surface area contributed by atoms with Gasteiger partial charge < -0.3 is 10.2 Å². The molecular weight excluding hydrogens is 176 g/mol. The highest BCUT2D eigenvalue weighted by molar-refractivity contribution is 5.32. The quantitative estimate of drug-likeness (QED) is 0.611. The summed E-state index contributed by atoms with van der Waals surface area (Å²) in [6.45, 7) is 1.80. The van der Waals surface area contributed by atoms with Crippen molar-refractivity contribution in [2.45, 2.75) is 25.6 Å². The summed E-state index contributed by atoms with van der Waals surface area (Å²) in [4.78, 5) is 0. The van der Waals surface area contributed by atoms with Crippen LogP contribution < -0.4 is 0 Å². The predicted octanol–water partition coefficient (Wildman–Crippen LogP) is 1.11. The number of hydrogen-bond acceptors (Lipinski definition) is 2. The first-order valence-electron chi connectivity index (χ1n) is 5.44. The highest BCUT2D eigenvalue weighted by atomic mass is 16.3. The Morgan fingerprint density at radius 1 is 1.36 bits per heavy atom. The van der Waals surface area contributed by atoms with E-state index in [1.165, 1.54) is 6.42 Å². The Hall–Kier alpha value is -0.600. The lowest BCUT2D eigenvalue weighted by molar-refractivity contribution is 0.126. The van der Waals surface area contributed by atoms with Crippen molar-refractivity contribution in [3.05, 3.63) is 23.8 Å². The van der Waals surface area contributed by atoms with Crippen LogP contribution >= 0.6 is 0 Å². The first-order valence-corrected chi connectivity index (χ1v) is 5.44. The summed E-state index contributed by atoms with van der Waals surface area (Å²) in [5.41, 5.74) is 1.07. The number of allylic oxidation sites excluding steroid dienone is 2. The van der Waals surface area contributed by atoms with Crippen molar-refractivity contribution < 1.29 is 10.2 Å². The van der Waals surface area contributed by atoms with E-state index in [-0.39, 0.29) is 6.10 Å². The Morgan fingerprint density at radius 2 is 2.07 bits per heavy atom. The third kappa shape index (κ3) is 0.931. The van der Waals surface area contributed by atoms with Gasteiger partial charge in [0.05, 0.1) is 12.2 Å². The van der Waals surface area contributed by atoms with Gasteiger partial charge >= 0.3 is 0 Å². The molecule has 0 radical (unpaired) electrons. The number of aliphatic hydroxyl groups excluding tert-OH is 2. The van der Waals surface area contributed by atoms with E-state index in [0.29, 0.717) is 23.7 Å². The lowest BCUT2D eigenvalue weighted by Gasteiger charge is -2.26. The largest absolute Gasteiger partial charge is 0.389 e. The van der Waals surface area contributed by atoms with Crippen LogP contribution in [0, 0.1) is 23.7 Å². The molecule has 0 aromatic rings. The van der Waals surface area contributed by atoms with Crippen molar-refractivity contribution in [1.82, 2.24) is 0 Å². The van der Waals surface area contributed by atoms with Gasteiger partial charge in [0, 0.05) is 5.92 Å². The monoisotopic (exact) mass is 192 g/mol. The van der Waals surface area contributed by atoms with Crippen LogP contribution in [0.15, 0.2) is 23.8 Å². The smallest absolute Gasteiger partial charge is 0.0764 e. The molecular formula is C12H16O2. The van der Waals surface area contributed by atoms with Crippen LogP contribution in [-0.4, -0.2) is 22.4 Å². The molecule has 2 heteroatoms. The zero-order valence-corrected chi connectivity index (χ0v) is 8.30. The lowest BCUT2D eigenvalue weighted by Crippen LogP contribution is -2.26. The molecule has 14 heavy (non-hydrogen) atoms. The molecule has 3 aliphatic carbocycles. The Labute approximate surface area is 83.9 Å². The molecule has 0 heterocycles. The molecule has 1 fully saturated rings. The van der Waals surface area contributed by atoms with E-state index < -0.39 is 6.10 Å². The molecule has 2 nitrogen and oxygen atoms in total. The molecule has 2 N–H and O–H groups in total. The van der Waals surface area contributed by atoms with Gasteiger partial charge in [-0.3, -0.25) is 0 Å². The van der Waals surface area contributed by atoms with Crippen molar-refractivity contribution in [2.24, 2.45) is 23.7 Å². The second-order valence-corrected chi connectivity index (χ2v) is 4.88. The van der Waals surface area contributed by atoms with E-state index in [2.05, 4.69) is 12.2 Å². The summed E-state index contributed by atoms with van der Waals surface area (Å²) < 4.78 is 0. The fourth-order valence-corrected chi connectivity index (χ4v) is 3.63. The molecule has 2 bridgehead atoms. The van der Waals surface area contributed by atoms with Gasteiger partial charge in [0.1, 0.15) is 0 Å². The van der Waals surface area contributed by atoms with Gasteiger partial charge in [0.2, 0.25) is 0 Å². The van der Waals surface area contributed by atoms with E-state index >= 15 is 0 Å². The van der Waals surface area contributed by atoms with Crippen LogP contribution in [-0.2, 0) is 0 Å². The van der Waals surface area contributed by atoms with Crippen LogP contribution in [0.3, 0.4) is 0 Å². The maximum Gasteiger partial charge on any atom is 0.0764 e. The molecule has 0 unspecified atom stereocenters. The highest BCUT2D eigenvalue weighted by Gasteiger charge is 2.52. The topological polar surface area (TPSA) is 40.5 Å². The van der Waals surface area contributed by atoms with Gasteiger partial charge in [0.25, 0.3) is 0 Å². The van der Waals surface area contributed by atoms with Crippen molar-refractivity contribution in [3.63, 3.8) is 0 Å². The van der Waals surface area contributed by atoms with Crippen molar-refractivity contribution in [3.8, 4) is 0 Å². The molecule has 0 aromatic carbocycles. The summed E-state index contributed by atoms with van der Waals surface area (Å²) in [6, 6.07) is 0. The SMILES string of the molecule is C[C@H](O)C1=C[C@H](O)[C@H]2[C@@H]1[C@H]1C=C[C@@H]2C1. The Balaban J connectivity index is 1.98. The standard InChI is InChI=1S/C12H16O2/c1-6(13)9-5-10(14)12-8-3-2-7(4-8)11(9)12/h2-3,5-8,10-14H,4H2,1H3/t6-,7-,8+,10-,11+,12-/m0/s1. The van der Waals surface area contributed by atoms with Gasteiger partial charge in [0.15, 0.2) is 0 Å². The average molecular weight is 192 g/mol. The van der Waals surface area contributed by atoms with Gasteiger partial charge in [-0.25, -0.2) is 0 Å². The minimum Gasteiger partial charge on any atom is -0.389 e. The van der Waals surface area contributed by atoms with Gasteiger partial charge in [-0.1, -0.05) is 18.2 Å². The number of fused-ring (bicyclic) bond motifs is 5. The van der Waals surface area contributed by atoms with Crippen molar-refractivity contribution in [2.75, 3.05) is 0 Å². The molecule has 6 atom stereocenters. The minimum absolute atomic E-state index is 0.329. The molecule has 3 aliphatic rings.